The largest absolute Gasteiger partial charge is 0.287 e. The van der Waals surface area contributed by atoms with Crippen LogP contribution in [0.4, 0.5) is 0 Å². The van der Waals surface area contributed by atoms with Gasteiger partial charge in [0.05, 0.1) is 16.8 Å². The molecule has 7 nitrogen and oxygen atoms in total. The Hall–Kier alpha value is -3.36. The third-order valence-electron chi connectivity index (χ3n) is 4.17. The topological polar surface area (TPSA) is 108 Å². The van der Waals surface area contributed by atoms with Gasteiger partial charge < -0.3 is 0 Å². The highest BCUT2D eigenvalue weighted by Crippen LogP contribution is 2.18. The van der Waals surface area contributed by atoms with Gasteiger partial charge in [0.25, 0.3) is 0 Å². The maximum Gasteiger partial charge on any atom is 0.238 e. The second-order valence-corrected chi connectivity index (χ2v) is 7.54. The molecular weight excluding hydrogens is 364 g/mol. The number of carbonyl (C=O) groups is 1. The Bertz CT molecular complexity index is 1260. The monoisotopic (exact) mass is 378 g/mol. The quantitative estimate of drug-likeness (QED) is 0.548. The lowest BCUT2D eigenvalue weighted by Crippen LogP contribution is -2.12. The van der Waals surface area contributed by atoms with E-state index in [1.165, 1.54) is 23.0 Å². The first-order chi connectivity index (χ1) is 12.9. The molecule has 8 heteroatoms. The van der Waals surface area contributed by atoms with Crippen LogP contribution < -0.4 is 5.14 Å². The maximum atomic E-state index is 12.7. The van der Waals surface area contributed by atoms with E-state index in [1.54, 1.807) is 18.2 Å². The third-order valence-corrected chi connectivity index (χ3v) is 5.10. The molecule has 0 aliphatic carbocycles. The van der Waals surface area contributed by atoms with Crippen molar-refractivity contribution in [3.05, 3.63) is 84.2 Å². The van der Waals surface area contributed by atoms with E-state index in [0.29, 0.717) is 11.3 Å². The normalized spacial score (nSPS) is 11.6. The van der Waals surface area contributed by atoms with Crippen molar-refractivity contribution in [3.63, 3.8) is 0 Å². The van der Waals surface area contributed by atoms with Crippen molar-refractivity contribution in [1.29, 1.82) is 0 Å². The summed E-state index contributed by atoms with van der Waals surface area (Å²) >= 11 is 0. The van der Waals surface area contributed by atoms with E-state index in [-0.39, 0.29) is 16.4 Å². The minimum atomic E-state index is -3.76. The molecule has 3 aromatic carbocycles. The zero-order chi connectivity index (χ0) is 19.0. The van der Waals surface area contributed by atoms with Crippen LogP contribution in [-0.4, -0.2) is 29.2 Å². The minimum absolute atomic E-state index is 0.00108. The molecule has 0 aliphatic heterocycles. The minimum Gasteiger partial charge on any atom is -0.287 e. The van der Waals surface area contributed by atoms with Crippen molar-refractivity contribution in [3.8, 4) is 5.69 Å². The first kappa shape index (κ1) is 17.1. The number of hydrogen-bond acceptors (Lipinski definition) is 5. The summed E-state index contributed by atoms with van der Waals surface area (Å²) in [4.78, 5) is 12.7. The number of ketones is 1. The van der Waals surface area contributed by atoms with Crippen LogP contribution in [0.15, 0.2) is 77.8 Å². The van der Waals surface area contributed by atoms with Gasteiger partial charge in [0, 0.05) is 5.56 Å². The summed E-state index contributed by atoms with van der Waals surface area (Å²) in [6.45, 7) is 0. The number of benzene rings is 3. The number of hydrogen-bond donors (Lipinski definition) is 1. The maximum absolute atomic E-state index is 12.7. The average Bonchev–Trinajstić information content (AvgIpc) is 3.16. The molecule has 0 unspecified atom stereocenters. The molecule has 0 atom stereocenters. The number of fused-ring (bicyclic) bond motifs is 1. The highest BCUT2D eigenvalue weighted by molar-refractivity contribution is 7.89. The second-order valence-electron chi connectivity index (χ2n) is 5.98. The fourth-order valence-electron chi connectivity index (χ4n) is 2.76. The van der Waals surface area contributed by atoms with E-state index in [9.17, 15) is 13.2 Å². The molecule has 0 spiro atoms. The molecule has 0 aliphatic rings. The summed E-state index contributed by atoms with van der Waals surface area (Å²) < 4.78 is 24.0. The molecule has 0 amide bonds. The number of sulfonamides is 1. The number of nitrogens with two attached hydrogens (primary N) is 1. The summed E-state index contributed by atoms with van der Waals surface area (Å²) in [5, 5.41) is 15.0. The van der Waals surface area contributed by atoms with Gasteiger partial charge in [-0.25, -0.2) is 18.2 Å². The number of rotatable bonds is 4. The lowest BCUT2D eigenvalue weighted by atomic mass is 10.0. The Labute approximate surface area is 155 Å². The van der Waals surface area contributed by atoms with E-state index in [0.717, 1.165) is 10.8 Å². The Morgan fingerprint density at radius 3 is 2.33 bits per heavy atom. The molecule has 27 heavy (non-hydrogen) atoms. The number of carbonyl (C=O) groups excluding carboxylic acids is 1. The summed E-state index contributed by atoms with van der Waals surface area (Å²) in [5.41, 5.74) is 1.28. The molecule has 0 radical (unpaired) electrons. The number of primary sulfonamides is 1. The summed E-state index contributed by atoms with van der Waals surface area (Å²) in [5.74, 6) is -0.242. The fraction of sp³-hybridized carbons (Fsp3) is 0. The second kappa shape index (κ2) is 6.42. The van der Waals surface area contributed by atoms with E-state index in [2.05, 4.69) is 10.3 Å². The van der Waals surface area contributed by atoms with Gasteiger partial charge in [-0.05, 0) is 41.1 Å². The zero-order valence-corrected chi connectivity index (χ0v) is 14.8. The molecule has 1 heterocycles. The van der Waals surface area contributed by atoms with Gasteiger partial charge in [0.1, 0.15) is 0 Å². The summed E-state index contributed by atoms with van der Waals surface area (Å²) in [6, 6.07) is 19.1. The SMILES string of the molecule is NS(=O)(=O)c1ccc(-n2cc(C(=O)c3ccc4ccccc4c3)nn2)cc1. The first-order valence-electron chi connectivity index (χ1n) is 8.01. The van der Waals surface area contributed by atoms with Crippen LogP contribution in [0, 0.1) is 0 Å². The van der Waals surface area contributed by atoms with Crippen LogP contribution in [0.2, 0.25) is 0 Å². The lowest BCUT2D eigenvalue weighted by Gasteiger charge is -2.02. The van der Waals surface area contributed by atoms with Crippen molar-refractivity contribution >= 4 is 26.6 Å². The van der Waals surface area contributed by atoms with Crippen molar-refractivity contribution in [2.75, 3.05) is 0 Å². The van der Waals surface area contributed by atoms with Crippen LogP contribution >= 0.6 is 0 Å². The van der Waals surface area contributed by atoms with Crippen molar-refractivity contribution in [2.24, 2.45) is 5.14 Å². The zero-order valence-electron chi connectivity index (χ0n) is 14.0. The highest BCUT2D eigenvalue weighted by atomic mass is 32.2. The summed E-state index contributed by atoms with van der Waals surface area (Å²) in [6.07, 6.45) is 1.50. The van der Waals surface area contributed by atoms with Gasteiger partial charge in [0.15, 0.2) is 5.69 Å². The Kier molecular flexibility index (Phi) is 4.06. The summed E-state index contributed by atoms with van der Waals surface area (Å²) in [7, 11) is -3.76. The molecular formula is C19H14N4O3S. The fourth-order valence-corrected chi connectivity index (χ4v) is 3.28. The van der Waals surface area contributed by atoms with E-state index in [1.807, 2.05) is 36.4 Å². The van der Waals surface area contributed by atoms with E-state index < -0.39 is 10.0 Å². The lowest BCUT2D eigenvalue weighted by molar-refractivity contribution is 0.103. The van der Waals surface area contributed by atoms with Gasteiger partial charge in [-0.15, -0.1) is 5.10 Å². The van der Waals surface area contributed by atoms with Crippen LogP contribution in [0.3, 0.4) is 0 Å². The molecule has 4 rings (SSSR count). The Morgan fingerprint density at radius 1 is 0.926 bits per heavy atom. The first-order valence-corrected chi connectivity index (χ1v) is 9.55. The van der Waals surface area contributed by atoms with E-state index >= 15 is 0 Å². The van der Waals surface area contributed by atoms with Crippen LogP contribution in [0.25, 0.3) is 16.5 Å². The van der Waals surface area contributed by atoms with Crippen molar-refractivity contribution < 1.29 is 13.2 Å². The molecule has 134 valence electrons. The van der Waals surface area contributed by atoms with Crippen LogP contribution in [0.1, 0.15) is 16.1 Å². The van der Waals surface area contributed by atoms with Crippen molar-refractivity contribution in [1.82, 2.24) is 15.0 Å². The highest BCUT2D eigenvalue weighted by Gasteiger charge is 2.15. The average molecular weight is 378 g/mol. The molecule has 0 saturated carbocycles. The van der Waals surface area contributed by atoms with Gasteiger partial charge in [-0.3, -0.25) is 4.79 Å². The molecule has 1 aromatic heterocycles. The number of aromatic nitrogens is 3. The van der Waals surface area contributed by atoms with Crippen molar-refractivity contribution in [2.45, 2.75) is 4.90 Å². The van der Waals surface area contributed by atoms with Crippen LogP contribution in [0.5, 0.6) is 0 Å². The predicted octanol–water partition coefficient (Wildman–Crippen LogP) is 2.30. The molecule has 4 aromatic rings. The van der Waals surface area contributed by atoms with Gasteiger partial charge in [-0.2, -0.15) is 0 Å². The number of nitrogens with zero attached hydrogens (tertiary/aromatic N) is 3. The molecule has 0 fully saturated rings. The smallest absolute Gasteiger partial charge is 0.238 e. The van der Waals surface area contributed by atoms with Gasteiger partial charge >= 0.3 is 0 Å². The van der Waals surface area contributed by atoms with E-state index in [4.69, 9.17) is 5.14 Å². The van der Waals surface area contributed by atoms with Crippen LogP contribution in [-0.2, 0) is 10.0 Å². The Morgan fingerprint density at radius 2 is 1.63 bits per heavy atom. The Balaban J connectivity index is 1.64. The predicted molar refractivity (Wildman–Crippen MR) is 100 cm³/mol. The van der Waals surface area contributed by atoms with Gasteiger partial charge in [0.2, 0.25) is 15.8 Å². The molecule has 2 N–H and O–H groups in total. The van der Waals surface area contributed by atoms with Gasteiger partial charge in [-0.1, -0.05) is 41.6 Å². The standard InChI is InChI=1S/C19H14N4O3S/c20-27(25,26)17-9-7-16(8-10-17)23-12-18(21-22-23)19(24)15-6-5-13-3-1-2-4-14(13)11-15/h1-12H,(H2,20,25,26). The molecule has 0 saturated heterocycles. The molecule has 0 bridgehead atoms. The third kappa shape index (κ3) is 3.35.